The molecule has 4 aliphatic rings. The van der Waals surface area contributed by atoms with E-state index in [1.165, 1.54) is 6.26 Å². The van der Waals surface area contributed by atoms with E-state index in [4.69, 9.17) is 6.57 Å². The maximum atomic E-state index is 12.3. The number of fused-ring (bicyclic) bond motifs is 5. The summed E-state index contributed by atoms with van der Waals surface area (Å²) in [5, 5.41) is 0. The first-order valence-corrected chi connectivity index (χ1v) is 14.0. The maximum Gasteiger partial charge on any atom is 0.254 e. The Morgan fingerprint density at radius 1 is 1.21 bits per heavy atom. The number of rotatable bonds is 3. The molecule has 0 amide bonds. The third-order valence-corrected chi connectivity index (χ3v) is 11.1. The second-order valence-corrected chi connectivity index (χ2v) is 13.2. The van der Waals surface area contributed by atoms with E-state index in [1.54, 1.807) is 16.8 Å². The van der Waals surface area contributed by atoms with E-state index in [2.05, 4.69) is 23.7 Å². The van der Waals surface area contributed by atoms with Crippen molar-refractivity contribution in [1.82, 2.24) is 13.9 Å². The smallest absolute Gasteiger partial charge is 0.254 e. The van der Waals surface area contributed by atoms with Gasteiger partial charge in [0, 0.05) is 24.1 Å². The molecule has 6 atom stereocenters. The predicted molar refractivity (Wildman–Crippen MR) is 127 cm³/mol. The van der Waals surface area contributed by atoms with Crippen LogP contribution >= 0.6 is 0 Å². The van der Waals surface area contributed by atoms with Gasteiger partial charge in [0.15, 0.2) is 6.33 Å². The van der Waals surface area contributed by atoms with E-state index in [0.717, 1.165) is 62.5 Å². The molecule has 1 unspecified atom stereocenters. The fourth-order valence-corrected chi connectivity index (χ4v) is 9.18. The Kier molecular flexibility index (Phi) is 5.37. The first-order chi connectivity index (χ1) is 15.6. The Balaban J connectivity index is 1.48. The molecule has 0 bridgehead atoms. The predicted octanol–water partition coefficient (Wildman–Crippen LogP) is 4.37. The highest BCUT2D eigenvalue weighted by Gasteiger charge is 2.60. The van der Waals surface area contributed by atoms with Crippen LogP contribution in [-0.4, -0.2) is 47.9 Å². The molecule has 7 nitrogen and oxygen atoms in total. The molecule has 3 fully saturated rings. The van der Waals surface area contributed by atoms with Crippen molar-refractivity contribution < 1.29 is 13.2 Å². The first-order valence-electron chi connectivity index (χ1n) is 12.2. The molecule has 2 heterocycles. The third kappa shape index (κ3) is 3.34. The summed E-state index contributed by atoms with van der Waals surface area (Å²) >= 11 is 0. The van der Waals surface area contributed by atoms with Gasteiger partial charge in [-0.1, -0.05) is 20.4 Å². The van der Waals surface area contributed by atoms with Gasteiger partial charge in [0.25, 0.3) is 5.82 Å². The van der Waals surface area contributed by atoms with Crippen molar-refractivity contribution in [2.75, 3.05) is 19.3 Å². The largest absolute Gasteiger partial charge is 0.362 e. The highest BCUT2D eigenvalue weighted by Crippen LogP contribution is 2.67. The van der Waals surface area contributed by atoms with Gasteiger partial charge < -0.3 is 4.85 Å². The van der Waals surface area contributed by atoms with Gasteiger partial charge >= 0.3 is 0 Å². The number of imidazole rings is 1. The summed E-state index contributed by atoms with van der Waals surface area (Å²) in [6.45, 7) is 13.5. The van der Waals surface area contributed by atoms with Crippen LogP contribution in [0.5, 0.6) is 0 Å². The number of aromatic nitrogens is 2. The van der Waals surface area contributed by atoms with Crippen LogP contribution in [0.1, 0.15) is 58.8 Å². The fraction of sp³-hybridized carbons (Fsp3) is 0.720. The summed E-state index contributed by atoms with van der Waals surface area (Å²) in [7, 11) is -3.17. The van der Waals surface area contributed by atoms with Gasteiger partial charge in [0.05, 0.1) is 12.5 Å². The van der Waals surface area contributed by atoms with Crippen LogP contribution in [0, 0.1) is 41.1 Å². The van der Waals surface area contributed by atoms with Crippen LogP contribution in [0.2, 0.25) is 0 Å². The Labute approximate surface area is 197 Å². The molecule has 1 aromatic rings. The Morgan fingerprint density at radius 2 is 2.00 bits per heavy atom. The van der Waals surface area contributed by atoms with E-state index < -0.39 is 10.0 Å². The zero-order valence-corrected chi connectivity index (χ0v) is 20.6. The molecule has 1 aliphatic heterocycles. The molecule has 0 radical (unpaired) electrons. The number of hydrogen-bond donors (Lipinski definition) is 0. The molecular formula is C25H34N4O3S. The lowest BCUT2D eigenvalue weighted by atomic mass is 9.47. The molecule has 0 aromatic carbocycles. The molecule has 1 saturated heterocycles. The average Bonchev–Trinajstić information content (AvgIpc) is 3.28. The summed E-state index contributed by atoms with van der Waals surface area (Å²) < 4.78 is 28.2. The van der Waals surface area contributed by atoms with E-state index in [9.17, 15) is 13.2 Å². The highest BCUT2D eigenvalue weighted by atomic mass is 32.2. The molecular weight excluding hydrogens is 436 g/mol. The molecule has 0 N–H and O–H groups in total. The van der Waals surface area contributed by atoms with E-state index in [0.29, 0.717) is 42.6 Å². The molecule has 0 spiro atoms. The van der Waals surface area contributed by atoms with Gasteiger partial charge in [-0.25, -0.2) is 17.7 Å². The maximum absolute atomic E-state index is 12.3. The second kappa shape index (κ2) is 7.78. The van der Waals surface area contributed by atoms with Gasteiger partial charge in [-0.2, -0.15) is 0 Å². The summed E-state index contributed by atoms with van der Waals surface area (Å²) in [6.07, 6.45) is 12.6. The van der Waals surface area contributed by atoms with Crippen molar-refractivity contribution in [2.24, 2.45) is 34.5 Å². The van der Waals surface area contributed by atoms with Gasteiger partial charge in [-0.15, -0.1) is 0 Å². The summed E-state index contributed by atoms with van der Waals surface area (Å²) in [5.74, 6) is 2.29. The van der Waals surface area contributed by atoms with Crippen molar-refractivity contribution in [3.63, 3.8) is 0 Å². The fourth-order valence-electron chi connectivity index (χ4n) is 8.27. The SMILES string of the molecule is [C-]#[N+]c1cncn1C1=C(C=O)C[C@H]2[C@@H]3CCC4CN(S(C)(=O)=O)CCC[C@]4(C)[C@H]3CC[C@]12C. The monoisotopic (exact) mass is 470 g/mol. The van der Waals surface area contributed by atoms with Crippen molar-refractivity contribution in [2.45, 2.75) is 58.8 Å². The van der Waals surface area contributed by atoms with Crippen molar-refractivity contribution in [3.05, 3.63) is 29.5 Å². The van der Waals surface area contributed by atoms with E-state index >= 15 is 0 Å². The lowest BCUT2D eigenvalue weighted by Gasteiger charge is -2.58. The number of nitrogens with zero attached hydrogens (tertiary/aromatic N) is 4. The van der Waals surface area contributed by atoms with Crippen LogP contribution in [0.15, 0.2) is 18.1 Å². The molecule has 1 aromatic heterocycles. The normalized spacial score (nSPS) is 39.2. The quantitative estimate of drug-likeness (QED) is 0.486. The molecule has 3 aliphatic carbocycles. The van der Waals surface area contributed by atoms with Gasteiger partial charge in [0.2, 0.25) is 10.0 Å². The number of carbonyl (C=O) groups excluding carboxylic acids is 1. The summed E-state index contributed by atoms with van der Waals surface area (Å²) in [6, 6.07) is 0. The third-order valence-electron chi connectivity index (χ3n) is 9.87. The van der Waals surface area contributed by atoms with Crippen molar-refractivity contribution >= 4 is 27.8 Å². The molecule has 5 rings (SSSR count). The Morgan fingerprint density at radius 3 is 2.70 bits per heavy atom. The summed E-state index contributed by atoms with van der Waals surface area (Å²) in [5.41, 5.74) is 1.79. The van der Waals surface area contributed by atoms with Crippen LogP contribution in [0.4, 0.5) is 5.82 Å². The number of hydrogen-bond acceptors (Lipinski definition) is 4. The lowest BCUT2D eigenvalue weighted by molar-refractivity contribution is -0.105. The number of aldehydes is 1. The number of carbonyl (C=O) groups is 1. The van der Waals surface area contributed by atoms with Crippen LogP contribution in [0.3, 0.4) is 0 Å². The minimum atomic E-state index is -3.17. The topological polar surface area (TPSA) is 76.6 Å². The average molecular weight is 471 g/mol. The van der Waals surface area contributed by atoms with Crippen molar-refractivity contribution in [3.8, 4) is 0 Å². The van der Waals surface area contributed by atoms with Gasteiger partial charge in [0.1, 0.15) is 12.0 Å². The number of sulfonamides is 1. The Bertz CT molecular complexity index is 1150. The minimum Gasteiger partial charge on any atom is -0.362 e. The lowest BCUT2D eigenvalue weighted by Crippen LogP contribution is -2.52. The van der Waals surface area contributed by atoms with Crippen LogP contribution in [0.25, 0.3) is 10.5 Å². The zero-order chi connectivity index (χ0) is 23.6. The van der Waals surface area contributed by atoms with Crippen LogP contribution in [-0.2, 0) is 14.8 Å². The van der Waals surface area contributed by atoms with Gasteiger partial charge in [-0.3, -0.25) is 9.36 Å². The standard InChI is InChI=1S/C25H34N4O3S/c1-24-9-5-11-28(33(4,31)32)14-18(24)6-7-19-20(24)8-10-25(2)21(19)12-17(15-30)23(25)29-16-27-13-22(29)26-3/h13,15-16,18-21H,5-12,14H2,1-2,4H3/t18?,19-,20+,21+,24+,25+/m1/s1. The summed E-state index contributed by atoms with van der Waals surface area (Å²) in [4.78, 5) is 20.0. The van der Waals surface area contributed by atoms with E-state index in [1.807, 2.05) is 4.57 Å². The number of allylic oxidation sites excluding steroid dienone is 2. The highest BCUT2D eigenvalue weighted by molar-refractivity contribution is 7.88. The molecule has 2 saturated carbocycles. The van der Waals surface area contributed by atoms with Gasteiger partial charge in [-0.05, 0) is 74.0 Å². The minimum absolute atomic E-state index is 0.129. The molecule has 8 heteroatoms. The Hall–Kier alpha value is -1.98. The zero-order valence-electron chi connectivity index (χ0n) is 19.8. The molecule has 33 heavy (non-hydrogen) atoms. The first kappa shape index (κ1) is 22.8. The van der Waals surface area contributed by atoms with Crippen molar-refractivity contribution in [1.29, 1.82) is 0 Å². The van der Waals surface area contributed by atoms with Crippen LogP contribution < -0.4 is 0 Å². The van der Waals surface area contributed by atoms with E-state index in [-0.39, 0.29) is 10.8 Å². The second-order valence-electron chi connectivity index (χ2n) is 11.3. The molecule has 178 valence electrons.